The second-order valence-electron chi connectivity index (χ2n) is 2.52. The lowest BCUT2D eigenvalue weighted by Gasteiger charge is -1.89. The Hall–Kier alpha value is -1.58. The number of aromatic amines is 1. The quantitative estimate of drug-likeness (QED) is 0.651. The molecule has 0 radical (unpaired) electrons. The van der Waals surface area contributed by atoms with E-state index in [4.69, 9.17) is 5.73 Å². The van der Waals surface area contributed by atoms with Crippen molar-refractivity contribution in [3.05, 3.63) is 18.5 Å². The monoisotopic (exact) mass is 164 g/mol. The van der Waals surface area contributed by atoms with Crippen LogP contribution in [-0.4, -0.2) is 15.7 Å². The first-order chi connectivity index (χ1) is 5.63. The molecule has 0 aromatic carbocycles. The SMILES string of the molecule is C=CC(C)=Nc1nc(C)[nH]c1N. The molecule has 0 aliphatic heterocycles. The lowest BCUT2D eigenvalue weighted by atomic mass is 10.4. The highest BCUT2D eigenvalue weighted by atomic mass is 15.1. The fraction of sp³-hybridized carbons (Fsp3) is 0.250. The number of aliphatic imine (C=N–C) groups is 1. The zero-order valence-electron chi connectivity index (χ0n) is 7.26. The molecule has 0 saturated carbocycles. The Morgan fingerprint density at radius 2 is 2.42 bits per heavy atom. The van der Waals surface area contributed by atoms with Gasteiger partial charge in [0, 0.05) is 5.71 Å². The van der Waals surface area contributed by atoms with E-state index in [1.54, 1.807) is 6.08 Å². The van der Waals surface area contributed by atoms with Gasteiger partial charge in [0.2, 0.25) is 0 Å². The maximum absolute atomic E-state index is 5.58. The van der Waals surface area contributed by atoms with Gasteiger partial charge in [0.15, 0.2) is 5.82 Å². The zero-order chi connectivity index (χ0) is 9.14. The smallest absolute Gasteiger partial charge is 0.195 e. The summed E-state index contributed by atoms with van der Waals surface area (Å²) in [6.07, 6.45) is 1.66. The Labute approximate surface area is 71.2 Å². The summed E-state index contributed by atoms with van der Waals surface area (Å²) in [5, 5.41) is 0. The van der Waals surface area contributed by atoms with Crippen LogP contribution in [0.2, 0.25) is 0 Å². The number of aromatic nitrogens is 2. The van der Waals surface area contributed by atoms with Crippen molar-refractivity contribution in [1.29, 1.82) is 0 Å². The van der Waals surface area contributed by atoms with Gasteiger partial charge in [-0.2, -0.15) is 0 Å². The molecule has 4 heteroatoms. The minimum absolute atomic E-state index is 0.494. The van der Waals surface area contributed by atoms with Crippen LogP contribution in [0.5, 0.6) is 0 Å². The van der Waals surface area contributed by atoms with Crippen LogP contribution >= 0.6 is 0 Å². The number of imidazole rings is 1. The van der Waals surface area contributed by atoms with Crippen molar-refractivity contribution >= 4 is 17.3 Å². The van der Waals surface area contributed by atoms with Gasteiger partial charge in [0.1, 0.15) is 11.6 Å². The molecule has 0 bridgehead atoms. The van der Waals surface area contributed by atoms with E-state index in [9.17, 15) is 0 Å². The molecular formula is C8H12N4. The summed E-state index contributed by atoms with van der Waals surface area (Å²) in [5.74, 6) is 1.79. The second-order valence-corrected chi connectivity index (χ2v) is 2.52. The number of hydrogen-bond donors (Lipinski definition) is 2. The molecule has 4 nitrogen and oxygen atoms in total. The molecule has 1 rings (SSSR count). The summed E-state index contributed by atoms with van der Waals surface area (Å²) in [6, 6.07) is 0. The molecule has 0 spiro atoms. The Morgan fingerprint density at radius 3 is 2.83 bits per heavy atom. The summed E-state index contributed by atoms with van der Waals surface area (Å²) in [5.41, 5.74) is 6.38. The van der Waals surface area contributed by atoms with Crippen LogP contribution in [0.25, 0.3) is 0 Å². The van der Waals surface area contributed by atoms with E-state index in [1.807, 2.05) is 13.8 Å². The average molecular weight is 164 g/mol. The second kappa shape index (κ2) is 3.21. The van der Waals surface area contributed by atoms with Gasteiger partial charge in [-0.05, 0) is 19.9 Å². The molecule has 0 atom stereocenters. The van der Waals surface area contributed by atoms with Gasteiger partial charge in [0.05, 0.1) is 0 Å². The minimum atomic E-state index is 0.494. The Morgan fingerprint density at radius 1 is 1.75 bits per heavy atom. The van der Waals surface area contributed by atoms with Crippen LogP contribution in [0, 0.1) is 6.92 Å². The van der Waals surface area contributed by atoms with E-state index >= 15 is 0 Å². The molecule has 0 aliphatic rings. The number of nitrogens with one attached hydrogen (secondary N) is 1. The average Bonchev–Trinajstić information content (AvgIpc) is 2.30. The van der Waals surface area contributed by atoms with Gasteiger partial charge in [-0.1, -0.05) is 6.58 Å². The maximum atomic E-state index is 5.58. The van der Waals surface area contributed by atoms with Crippen molar-refractivity contribution in [3.8, 4) is 0 Å². The van der Waals surface area contributed by atoms with E-state index in [2.05, 4.69) is 21.5 Å². The predicted octanol–water partition coefficient (Wildman–Crippen LogP) is 1.58. The normalized spacial score (nSPS) is 11.7. The fourth-order valence-corrected chi connectivity index (χ4v) is 0.796. The highest BCUT2D eigenvalue weighted by molar-refractivity contribution is 5.94. The van der Waals surface area contributed by atoms with Crippen LogP contribution in [0.15, 0.2) is 17.6 Å². The van der Waals surface area contributed by atoms with E-state index in [1.165, 1.54) is 0 Å². The molecule has 0 amide bonds. The van der Waals surface area contributed by atoms with Crippen LogP contribution in [0.1, 0.15) is 12.7 Å². The minimum Gasteiger partial charge on any atom is -0.382 e. The Balaban J connectivity index is 3.03. The topological polar surface area (TPSA) is 67.1 Å². The fourth-order valence-electron chi connectivity index (χ4n) is 0.796. The van der Waals surface area contributed by atoms with Crippen molar-refractivity contribution in [1.82, 2.24) is 9.97 Å². The third-order valence-corrected chi connectivity index (χ3v) is 1.41. The van der Waals surface area contributed by atoms with Gasteiger partial charge < -0.3 is 10.7 Å². The van der Waals surface area contributed by atoms with Gasteiger partial charge in [0.25, 0.3) is 0 Å². The highest BCUT2D eigenvalue weighted by Gasteiger charge is 2.01. The number of nitrogen functional groups attached to an aromatic ring is 1. The molecule has 1 heterocycles. The number of nitrogens with two attached hydrogens (primary N) is 1. The summed E-state index contributed by atoms with van der Waals surface area (Å²) < 4.78 is 0. The Kier molecular flexibility index (Phi) is 2.28. The zero-order valence-corrected chi connectivity index (χ0v) is 7.26. The summed E-state index contributed by atoms with van der Waals surface area (Å²) >= 11 is 0. The lowest BCUT2D eigenvalue weighted by molar-refractivity contribution is 1.15. The predicted molar refractivity (Wildman–Crippen MR) is 50.7 cm³/mol. The van der Waals surface area contributed by atoms with E-state index in [0.29, 0.717) is 11.6 Å². The molecule has 1 aromatic rings. The first-order valence-electron chi connectivity index (χ1n) is 3.63. The Bertz CT molecular complexity index is 322. The molecule has 12 heavy (non-hydrogen) atoms. The van der Waals surface area contributed by atoms with Crippen LogP contribution in [0.3, 0.4) is 0 Å². The standard InChI is InChI=1S/C8H12N4/c1-4-5(2)10-8-7(9)11-6(3)12-8/h4H,1,9H2,2-3H3,(H,11,12). The molecule has 64 valence electrons. The van der Waals surface area contributed by atoms with Gasteiger partial charge >= 0.3 is 0 Å². The molecule has 3 N–H and O–H groups in total. The molecule has 0 unspecified atom stereocenters. The number of anilines is 1. The first-order valence-corrected chi connectivity index (χ1v) is 3.63. The number of rotatable bonds is 2. The van der Waals surface area contributed by atoms with Crippen LogP contribution in [-0.2, 0) is 0 Å². The number of nitrogens with zero attached hydrogens (tertiary/aromatic N) is 2. The van der Waals surface area contributed by atoms with Crippen molar-refractivity contribution in [2.24, 2.45) is 4.99 Å². The largest absolute Gasteiger partial charge is 0.382 e. The lowest BCUT2D eigenvalue weighted by Crippen LogP contribution is -1.86. The molecule has 0 saturated heterocycles. The number of aryl methyl sites for hydroxylation is 1. The van der Waals surface area contributed by atoms with Gasteiger partial charge in [-0.15, -0.1) is 0 Å². The highest BCUT2D eigenvalue weighted by Crippen LogP contribution is 2.17. The van der Waals surface area contributed by atoms with Gasteiger partial charge in [-0.3, -0.25) is 0 Å². The molecule has 0 fully saturated rings. The third kappa shape index (κ3) is 1.72. The third-order valence-electron chi connectivity index (χ3n) is 1.41. The number of allylic oxidation sites excluding steroid dienone is 1. The number of hydrogen-bond acceptors (Lipinski definition) is 3. The van der Waals surface area contributed by atoms with Gasteiger partial charge in [-0.25, -0.2) is 9.98 Å². The van der Waals surface area contributed by atoms with Crippen molar-refractivity contribution in [2.45, 2.75) is 13.8 Å². The van der Waals surface area contributed by atoms with Crippen molar-refractivity contribution in [3.63, 3.8) is 0 Å². The number of H-pyrrole nitrogens is 1. The van der Waals surface area contributed by atoms with E-state index < -0.39 is 0 Å². The molecule has 0 aliphatic carbocycles. The summed E-state index contributed by atoms with van der Waals surface area (Å²) in [4.78, 5) is 11.1. The van der Waals surface area contributed by atoms with E-state index in [0.717, 1.165) is 11.5 Å². The van der Waals surface area contributed by atoms with Crippen LogP contribution in [0.4, 0.5) is 11.6 Å². The molecular weight excluding hydrogens is 152 g/mol. The molecule has 1 aromatic heterocycles. The first kappa shape index (κ1) is 8.52. The van der Waals surface area contributed by atoms with Crippen molar-refractivity contribution in [2.75, 3.05) is 5.73 Å². The maximum Gasteiger partial charge on any atom is 0.195 e. The van der Waals surface area contributed by atoms with Crippen molar-refractivity contribution < 1.29 is 0 Å². The summed E-state index contributed by atoms with van der Waals surface area (Å²) in [6.45, 7) is 7.26. The summed E-state index contributed by atoms with van der Waals surface area (Å²) in [7, 11) is 0. The van der Waals surface area contributed by atoms with E-state index in [-0.39, 0.29) is 0 Å². The van der Waals surface area contributed by atoms with Crippen LogP contribution < -0.4 is 5.73 Å².